The summed E-state index contributed by atoms with van der Waals surface area (Å²) in [5, 5.41) is 0.121. The summed E-state index contributed by atoms with van der Waals surface area (Å²) in [6.45, 7) is 3.97. The lowest BCUT2D eigenvalue weighted by Gasteiger charge is -2.21. The highest BCUT2D eigenvalue weighted by Gasteiger charge is 2.25. The Kier molecular flexibility index (Phi) is 4.62. The molecule has 1 aliphatic heterocycles. The highest BCUT2D eigenvalue weighted by atomic mass is 32.2. The lowest BCUT2D eigenvalue weighted by molar-refractivity contribution is 0.0994. The number of benzene rings is 1. The van der Waals surface area contributed by atoms with Crippen LogP contribution in [0.3, 0.4) is 0 Å². The van der Waals surface area contributed by atoms with Crippen molar-refractivity contribution in [3.63, 3.8) is 0 Å². The van der Waals surface area contributed by atoms with E-state index < -0.39 is 0 Å². The van der Waals surface area contributed by atoms with Crippen LogP contribution >= 0.6 is 23.5 Å². The number of hydrogen-bond acceptors (Lipinski definition) is 4. The highest BCUT2D eigenvalue weighted by Crippen LogP contribution is 2.30. The molecule has 98 valence electrons. The Bertz CT molecular complexity index is 451. The summed E-state index contributed by atoms with van der Waals surface area (Å²) in [4.78, 5) is 12.5. The molecule has 0 aliphatic carbocycles. The Morgan fingerprint density at radius 2 is 2.06 bits per heavy atom. The first-order valence-electron chi connectivity index (χ1n) is 6.02. The zero-order valence-corrected chi connectivity index (χ0v) is 12.6. The predicted molar refractivity (Wildman–Crippen MR) is 80.4 cm³/mol. The number of ketones is 1. The van der Waals surface area contributed by atoms with Crippen molar-refractivity contribution in [2.75, 3.05) is 24.4 Å². The maximum absolute atomic E-state index is 12.5. The van der Waals surface area contributed by atoms with Gasteiger partial charge in [0.2, 0.25) is 0 Å². The van der Waals surface area contributed by atoms with Crippen LogP contribution in [0.25, 0.3) is 0 Å². The zero-order chi connectivity index (χ0) is 13.1. The second kappa shape index (κ2) is 6.02. The molecule has 1 aromatic rings. The first kappa shape index (κ1) is 13.8. The van der Waals surface area contributed by atoms with E-state index in [1.54, 1.807) is 18.9 Å². The number of aryl methyl sites for hydroxylation is 2. The Morgan fingerprint density at radius 3 is 2.67 bits per heavy atom. The second-order valence-electron chi connectivity index (χ2n) is 4.44. The number of methoxy groups -OCH3 is 1. The second-order valence-corrected chi connectivity index (χ2v) is 6.90. The fourth-order valence-corrected chi connectivity index (χ4v) is 4.71. The van der Waals surface area contributed by atoms with Crippen molar-refractivity contribution in [3.8, 4) is 5.75 Å². The third-order valence-corrected chi connectivity index (χ3v) is 5.87. The van der Waals surface area contributed by atoms with Crippen LogP contribution in [0.15, 0.2) is 12.1 Å². The summed E-state index contributed by atoms with van der Waals surface area (Å²) < 4.78 is 5.29. The molecule has 0 saturated carbocycles. The smallest absolute Gasteiger partial charge is 0.176 e. The van der Waals surface area contributed by atoms with Gasteiger partial charge in [0.1, 0.15) is 5.75 Å². The van der Waals surface area contributed by atoms with Gasteiger partial charge in [0, 0.05) is 22.8 Å². The molecule has 1 aromatic carbocycles. The Balaban J connectivity index is 2.27. The van der Waals surface area contributed by atoms with E-state index in [2.05, 4.69) is 0 Å². The molecule has 1 heterocycles. The fraction of sp³-hybridized carbons (Fsp3) is 0.500. The van der Waals surface area contributed by atoms with Gasteiger partial charge in [-0.05, 0) is 37.1 Å². The van der Waals surface area contributed by atoms with Crippen molar-refractivity contribution < 1.29 is 9.53 Å². The summed E-state index contributed by atoms with van der Waals surface area (Å²) >= 11 is 3.67. The van der Waals surface area contributed by atoms with Crippen molar-refractivity contribution in [1.82, 2.24) is 0 Å². The van der Waals surface area contributed by atoms with E-state index in [9.17, 15) is 4.79 Å². The average molecular weight is 282 g/mol. The Morgan fingerprint density at radius 1 is 1.28 bits per heavy atom. The molecule has 1 unspecified atom stereocenters. The Labute approximate surface area is 117 Å². The van der Waals surface area contributed by atoms with Gasteiger partial charge in [-0.1, -0.05) is 0 Å². The van der Waals surface area contributed by atoms with E-state index in [0.29, 0.717) is 0 Å². The Hall–Kier alpha value is -0.610. The van der Waals surface area contributed by atoms with Gasteiger partial charge >= 0.3 is 0 Å². The highest BCUT2D eigenvalue weighted by molar-refractivity contribution is 8.07. The normalized spacial score (nSPS) is 19.6. The average Bonchev–Trinajstić information content (AvgIpc) is 2.41. The van der Waals surface area contributed by atoms with E-state index in [1.165, 1.54) is 0 Å². The first-order chi connectivity index (χ1) is 8.63. The molecule has 1 atom stereocenters. The molecule has 1 fully saturated rings. The topological polar surface area (TPSA) is 26.3 Å². The minimum absolute atomic E-state index is 0.121. The van der Waals surface area contributed by atoms with E-state index in [-0.39, 0.29) is 11.0 Å². The lowest BCUT2D eigenvalue weighted by atomic mass is 9.99. The van der Waals surface area contributed by atoms with Crippen LogP contribution in [-0.4, -0.2) is 35.4 Å². The van der Waals surface area contributed by atoms with Crippen molar-refractivity contribution in [3.05, 3.63) is 28.8 Å². The summed E-state index contributed by atoms with van der Waals surface area (Å²) in [6.07, 6.45) is 0. The minimum atomic E-state index is 0.121. The van der Waals surface area contributed by atoms with E-state index >= 15 is 0 Å². The molecule has 1 aliphatic rings. The van der Waals surface area contributed by atoms with Crippen molar-refractivity contribution in [2.24, 2.45) is 0 Å². The monoisotopic (exact) mass is 282 g/mol. The summed E-state index contributed by atoms with van der Waals surface area (Å²) in [7, 11) is 1.66. The van der Waals surface area contributed by atoms with Crippen LogP contribution in [0.2, 0.25) is 0 Å². The SMILES string of the molecule is COc1cc(C)c(C(=O)C2CSCCS2)cc1C. The van der Waals surface area contributed by atoms with E-state index in [4.69, 9.17) is 4.74 Å². The number of carbonyl (C=O) groups is 1. The maximum atomic E-state index is 12.5. The molecule has 2 nitrogen and oxygen atoms in total. The largest absolute Gasteiger partial charge is 0.496 e. The molecule has 0 amide bonds. The van der Waals surface area contributed by atoms with Crippen LogP contribution in [0.5, 0.6) is 5.75 Å². The number of thioether (sulfide) groups is 2. The van der Waals surface area contributed by atoms with Crippen molar-refractivity contribution in [1.29, 1.82) is 0 Å². The number of Topliss-reactive ketones (excluding diaryl/α,β-unsaturated/α-hetero) is 1. The van der Waals surface area contributed by atoms with Gasteiger partial charge in [-0.2, -0.15) is 11.8 Å². The van der Waals surface area contributed by atoms with Gasteiger partial charge in [0.15, 0.2) is 5.78 Å². The quantitative estimate of drug-likeness (QED) is 0.794. The predicted octanol–water partition coefficient (Wildman–Crippen LogP) is 3.34. The zero-order valence-electron chi connectivity index (χ0n) is 11.0. The maximum Gasteiger partial charge on any atom is 0.176 e. The number of ether oxygens (including phenoxy) is 1. The fourth-order valence-electron chi connectivity index (χ4n) is 2.09. The van der Waals surface area contributed by atoms with Gasteiger partial charge in [0.25, 0.3) is 0 Å². The molecular weight excluding hydrogens is 264 g/mol. The lowest BCUT2D eigenvalue weighted by Crippen LogP contribution is -2.25. The van der Waals surface area contributed by atoms with Gasteiger partial charge in [-0.3, -0.25) is 4.79 Å². The molecule has 4 heteroatoms. The van der Waals surface area contributed by atoms with Crippen LogP contribution in [-0.2, 0) is 0 Å². The molecule has 1 saturated heterocycles. The van der Waals surface area contributed by atoms with E-state index in [0.717, 1.165) is 39.7 Å². The van der Waals surface area contributed by atoms with Crippen LogP contribution in [0.4, 0.5) is 0 Å². The van der Waals surface area contributed by atoms with Crippen molar-refractivity contribution in [2.45, 2.75) is 19.1 Å². The van der Waals surface area contributed by atoms with Crippen LogP contribution < -0.4 is 4.74 Å². The minimum Gasteiger partial charge on any atom is -0.496 e. The molecule has 2 rings (SSSR count). The van der Waals surface area contributed by atoms with Gasteiger partial charge in [-0.15, -0.1) is 11.8 Å². The third kappa shape index (κ3) is 2.86. The summed E-state index contributed by atoms with van der Waals surface area (Å²) in [5.74, 6) is 4.31. The molecule has 0 radical (unpaired) electrons. The van der Waals surface area contributed by atoms with Gasteiger partial charge in [-0.25, -0.2) is 0 Å². The number of rotatable bonds is 3. The standard InChI is InChI=1S/C14H18O2S2/c1-9-7-12(16-3)10(2)6-11(9)14(15)13-8-17-4-5-18-13/h6-7,13H,4-5,8H2,1-3H3. The molecular formula is C14H18O2S2. The molecule has 0 spiro atoms. The summed E-state index contributed by atoms with van der Waals surface area (Å²) in [6, 6.07) is 3.93. The van der Waals surface area contributed by atoms with Crippen LogP contribution in [0, 0.1) is 13.8 Å². The first-order valence-corrected chi connectivity index (χ1v) is 8.22. The molecule has 0 N–H and O–H groups in total. The van der Waals surface area contributed by atoms with Gasteiger partial charge in [0.05, 0.1) is 12.4 Å². The number of hydrogen-bond donors (Lipinski definition) is 0. The van der Waals surface area contributed by atoms with Gasteiger partial charge < -0.3 is 4.74 Å². The third-order valence-electron chi connectivity index (χ3n) is 3.12. The molecule has 0 bridgehead atoms. The van der Waals surface area contributed by atoms with Crippen molar-refractivity contribution >= 4 is 29.3 Å². The van der Waals surface area contributed by atoms with Crippen LogP contribution in [0.1, 0.15) is 21.5 Å². The molecule has 18 heavy (non-hydrogen) atoms. The van der Waals surface area contributed by atoms with E-state index in [1.807, 2.05) is 37.7 Å². The number of carbonyl (C=O) groups excluding carboxylic acids is 1. The summed E-state index contributed by atoms with van der Waals surface area (Å²) in [5.41, 5.74) is 2.90. The molecule has 0 aromatic heterocycles.